The molecule has 0 bridgehead atoms. The van der Waals surface area contributed by atoms with E-state index in [0.717, 1.165) is 25.7 Å². The summed E-state index contributed by atoms with van der Waals surface area (Å²) in [6.45, 7) is 2.12. The fraction of sp³-hybridized carbons (Fsp3) is 0.550. The monoisotopic (exact) mass is 336 g/mol. The van der Waals surface area contributed by atoms with E-state index in [-0.39, 0.29) is 6.42 Å². The number of aliphatic hydroxyl groups is 2. The van der Waals surface area contributed by atoms with E-state index >= 15 is 0 Å². The predicted molar refractivity (Wildman–Crippen MR) is 98.8 cm³/mol. The number of hydrogen-bond donors (Lipinski definition) is 3. The first kappa shape index (κ1) is 22.4. The standard InChI is InChI=1S/C20H32O4/c1-2-3-4-5-6-7-8-9-10-11-12-13-15-18(21)19(22)16-14-17-20(23)24/h3-4,6-7,9-10,12-13,18-19,21-22H,2,5,8,11,14-17H2,1H3,(H,23,24)/b4-3+,7-6+,10-9+,13-12+/t18-,19+/m1/s1. The van der Waals surface area contributed by atoms with Crippen LogP contribution in [0, 0.1) is 0 Å². The normalized spacial score (nSPS) is 15.1. The maximum Gasteiger partial charge on any atom is 0.303 e. The Morgan fingerprint density at radius 2 is 1.33 bits per heavy atom. The van der Waals surface area contributed by atoms with Gasteiger partial charge in [-0.25, -0.2) is 0 Å². The smallest absolute Gasteiger partial charge is 0.303 e. The number of rotatable bonds is 14. The summed E-state index contributed by atoms with van der Waals surface area (Å²) < 4.78 is 0. The Kier molecular flexibility index (Phi) is 15.1. The minimum Gasteiger partial charge on any atom is -0.481 e. The van der Waals surface area contributed by atoms with Gasteiger partial charge in [-0.05, 0) is 44.9 Å². The van der Waals surface area contributed by atoms with Gasteiger partial charge in [0.25, 0.3) is 0 Å². The van der Waals surface area contributed by atoms with Crippen molar-refractivity contribution in [3.8, 4) is 0 Å². The van der Waals surface area contributed by atoms with Crippen molar-refractivity contribution in [1.82, 2.24) is 0 Å². The molecule has 0 aliphatic rings. The summed E-state index contributed by atoms with van der Waals surface area (Å²) in [5.74, 6) is -0.879. The van der Waals surface area contributed by atoms with Crippen molar-refractivity contribution in [3.05, 3.63) is 48.6 Å². The number of aliphatic hydroxyl groups excluding tert-OH is 2. The van der Waals surface area contributed by atoms with Crippen LogP contribution < -0.4 is 0 Å². The van der Waals surface area contributed by atoms with Crippen molar-refractivity contribution in [3.63, 3.8) is 0 Å². The maximum atomic E-state index is 10.4. The largest absolute Gasteiger partial charge is 0.481 e. The SMILES string of the molecule is CC/C=C/C/C=C/C/C=C/C/C=C/C[C@@H](O)[C@@H](O)CCCC(=O)O. The van der Waals surface area contributed by atoms with Gasteiger partial charge in [0, 0.05) is 6.42 Å². The molecule has 0 saturated carbocycles. The highest BCUT2D eigenvalue weighted by molar-refractivity contribution is 5.66. The Morgan fingerprint density at radius 1 is 0.833 bits per heavy atom. The molecule has 0 unspecified atom stereocenters. The van der Waals surface area contributed by atoms with Gasteiger partial charge in [0.15, 0.2) is 0 Å². The van der Waals surface area contributed by atoms with Gasteiger partial charge in [-0.3, -0.25) is 4.79 Å². The molecular formula is C20H32O4. The topological polar surface area (TPSA) is 77.8 Å². The Morgan fingerprint density at radius 3 is 1.83 bits per heavy atom. The number of carboxylic acid groups (broad SMARTS) is 1. The van der Waals surface area contributed by atoms with Gasteiger partial charge in [-0.1, -0.05) is 55.5 Å². The Bertz CT molecular complexity index is 421. The van der Waals surface area contributed by atoms with Crippen molar-refractivity contribution in [2.24, 2.45) is 0 Å². The van der Waals surface area contributed by atoms with Gasteiger partial charge in [-0.15, -0.1) is 0 Å². The average Bonchev–Trinajstić information content (AvgIpc) is 2.55. The summed E-state index contributed by atoms with van der Waals surface area (Å²) >= 11 is 0. The van der Waals surface area contributed by atoms with Crippen LogP contribution in [-0.2, 0) is 4.79 Å². The van der Waals surface area contributed by atoms with Crippen LogP contribution >= 0.6 is 0 Å². The fourth-order valence-corrected chi connectivity index (χ4v) is 2.03. The highest BCUT2D eigenvalue weighted by atomic mass is 16.4. The zero-order valence-electron chi connectivity index (χ0n) is 14.7. The molecule has 0 heterocycles. The van der Waals surface area contributed by atoms with E-state index in [4.69, 9.17) is 5.11 Å². The third-order valence-corrected chi connectivity index (χ3v) is 3.43. The summed E-state index contributed by atoms with van der Waals surface area (Å²) in [7, 11) is 0. The molecule has 0 amide bonds. The van der Waals surface area contributed by atoms with E-state index in [1.54, 1.807) is 0 Å². The second-order valence-corrected chi connectivity index (χ2v) is 5.66. The second kappa shape index (κ2) is 16.2. The van der Waals surface area contributed by atoms with Gasteiger partial charge in [-0.2, -0.15) is 0 Å². The van der Waals surface area contributed by atoms with Crippen LogP contribution in [0.15, 0.2) is 48.6 Å². The van der Waals surface area contributed by atoms with Crippen LogP contribution in [0.5, 0.6) is 0 Å². The summed E-state index contributed by atoms with van der Waals surface area (Å²) in [6.07, 6.45) is 19.7. The van der Waals surface area contributed by atoms with E-state index < -0.39 is 18.2 Å². The number of aliphatic carboxylic acids is 1. The van der Waals surface area contributed by atoms with Gasteiger partial charge >= 0.3 is 5.97 Å². The average molecular weight is 336 g/mol. The Labute approximate surface area is 145 Å². The Hall–Kier alpha value is -1.65. The van der Waals surface area contributed by atoms with Crippen molar-refractivity contribution >= 4 is 5.97 Å². The fourth-order valence-electron chi connectivity index (χ4n) is 2.03. The van der Waals surface area contributed by atoms with Gasteiger partial charge < -0.3 is 15.3 Å². The minimum atomic E-state index is -0.879. The number of hydrogen-bond acceptors (Lipinski definition) is 3. The lowest BCUT2D eigenvalue weighted by Gasteiger charge is -2.15. The lowest BCUT2D eigenvalue weighted by atomic mass is 10.0. The van der Waals surface area contributed by atoms with Crippen molar-refractivity contribution in [1.29, 1.82) is 0 Å². The lowest BCUT2D eigenvalue weighted by molar-refractivity contribution is -0.137. The molecule has 0 rings (SSSR count). The first-order chi connectivity index (χ1) is 11.6. The minimum absolute atomic E-state index is 0.0216. The first-order valence-corrected chi connectivity index (χ1v) is 8.75. The highest BCUT2D eigenvalue weighted by Crippen LogP contribution is 2.09. The van der Waals surface area contributed by atoms with Crippen LogP contribution in [0.3, 0.4) is 0 Å². The van der Waals surface area contributed by atoms with Crippen molar-refractivity contribution in [2.75, 3.05) is 0 Å². The van der Waals surface area contributed by atoms with E-state index in [0.29, 0.717) is 19.3 Å². The lowest BCUT2D eigenvalue weighted by Crippen LogP contribution is -2.25. The molecule has 4 heteroatoms. The van der Waals surface area contributed by atoms with Crippen LogP contribution in [0.4, 0.5) is 0 Å². The predicted octanol–water partition coefficient (Wildman–Crippen LogP) is 4.16. The summed E-state index contributed by atoms with van der Waals surface area (Å²) in [5, 5.41) is 28.0. The molecule has 136 valence electrons. The van der Waals surface area contributed by atoms with Gasteiger partial charge in [0.2, 0.25) is 0 Å². The zero-order valence-corrected chi connectivity index (χ0v) is 14.7. The number of allylic oxidation sites excluding steroid dienone is 7. The van der Waals surface area contributed by atoms with Crippen LogP contribution in [-0.4, -0.2) is 33.5 Å². The number of carboxylic acids is 1. The second-order valence-electron chi connectivity index (χ2n) is 5.66. The molecule has 0 fully saturated rings. The molecule has 0 aromatic heterocycles. The summed E-state index contributed by atoms with van der Waals surface area (Å²) in [6, 6.07) is 0. The Balaban J connectivity index is 3.70. The van der Waals surface area contributed by atoms with Crippen molar-refractivity contribution in [2.45, 2.75) is 70.5 Å². The molecule has 4 nitrogen and oxygen atoms in total. The highest BCUT2D eigenvalue weighted by Gasteiger charge is 2.14. The van der Waals surface area contributed by atoms with Gasteiger partial charge in [0.1, 0.15) is 0 Å². The molecule has 0 aromatic rings. The quantitative estimate of drug-likeness (QED) is 0.416. The van der Waals surface area contributed by atoms with Crippen LogP contribution in [0.1, 0.15) is 58.3 Å². The molecule has 3 N–H and O–H groups in total. The molecule has 0 radical (unpaired) electrons. The summed E-state index contributed by atoms with van der Waals surface area (Å²) in [5.41, 5.74) is 0. The van der Waals surface area contributed by atoms with E-state index in [2.05, 4.69) is 43.4 Å². The molecule has 0 spiro atoms. The van der Waals surface area contributed by atoms with Crippen LogP contribution in [0.25, 0.3) is 0 Å². The third kappa shape index (κ3) is 15.3. The molecule has 0 aliphatic carbocycles. The molecule has 2 atom stereocenters. The molecule has 0 aromatic carbocycles. The molecule has 0 saturated heterocycles. The van der Waals surface area contributed by atoms with E-state index in [1.807, 2.05) is 12.2 Å². The van der Waals surface area contributed by atoms with Crippen molar-refractivity contribution < 1.29 is 20.1 Å². The molecular weight excluding hydrogens is 304 g/mol. The first-order valence-electron chi connectivity index (χ1n) is 8.75. The van der Waals surface area contributed by atoms with E-state index in [9.17, 15) is 15.0 Å². The van der Waals surface area contributed by atoms with Crippen LogP contribution in [0.2, 0.25) is 0 Å². The van der Waals surface area contributed by atoms with E-state index in [1.165, 1.54) is 0 Å². The maximum absolute atomic E-state index is 10.4. The molecule has 24 heavy (non-hydrogen) atoms. The van der Waals surface area contributed by atoms with Gasteiger partial charge in [0.05, 0.1) is 12.2 Å². The number of carbonyl (C=O) groups is 1. The zero-order chi connectivity index (χ0) is 18.0. The summed E-state index contributed by atoms with van der Waals surface area (Å²) in [4.78, 5) is 10.4. The third-order valence-electron chi connectivity index (χ3n) is 3.43. The molecule has 0 aliphatic heterocycles.